The number of carbonyl (C=O) groups excluding carboxylic acids is 1. The molecule has 1 aliphatic rings. The van der Waals surface area contributed by atoms with Crippen molar-refractivity contribution in [3.63, 3.8) is 0 Å². The first-order valence-electron chi connectivity index (χ1n) is 7.15. The topological polar surface area (TPSA) is 98.3 Å². The van der Waals surface area contributed by atoms with Crippen molar-refractivity contribution < 1.29 is 13.9 Å². The number of hydrogen-bond acceptors (Lipinski definition) is 7. The molecule has 0 saturated carbocycles. The zero-order valence-electron chi connectivity index (χ0n) is 12.1. The highest BCUT2D eigenvalue weighted by Crippen LogP contribution is 2.04. The molecule has 1 N–H and O–H groups in total. The Hall–Kier alpha value is -2.26. The van der Waals surface area contributed by atoms with Gasteiger partial charge in [-0.25, -0.2) is 4.68 Å². The van der Waals surface area contributed by atoms with Crippen molar-refractivity contribution in [2.45, 2.75) is 19.6 Å². The molecule has 1 fully saturated rings. The van der Waals surface area contributed by atoms with E-state index in [2.05, 4.69) is 25.7 Å². The molecule has 0 aliphatic carbocycles. The van der Waals surface area contributed by atoms with Crippen LogP contribution in [0.4, 0.5) is 0 Å². The summed E-state index contributed by atoms with van der Waals surface area (Å²) in [4.78, 5) is 14.1. The van der Waals surface area contributed by atoms with Crippen LogP contribution < -0.4 is 5.32 Å². The second-order valence-electron chi connectivity index (χ2n) is 5.00. The van der Waals surface area contributed by atoms with Crippen molar-refractivity contribution in [2.75, 3.05) is 26.3 Å². The van der Waals surface area contributed by atoms with Crippen LogP contribution in [0.3, 0.4) is 0 Å². The highest BCUT2D eigenvalue weighted by molar-refractivity contribution is 5.75. The Balaban J connectivity index is 1.51. The molecule has 9 heteroatoms. The largest absolute Gasteiger partial charge is 0.467 e. The van der Waals surface area contributed by atoms with Crippen LogP contribution in [0.5, 0.6) is 0 Å². The summed E-state index contributed by atoms with van der Waals surface area (Å²) < 4.78 is 12.0. The monoisotopic (exact) mass is 306 g/mol. The molecule has 118 valence electrons. The molecule has 0 radical (unpaired) electrons. The van der Waals surface area contributed by atoms with E-state index in [1.807, 2.05) is 0 Å². The zero-order valence-corrected chi connectivity index (χ0v) is 12.1. The summed E-state index contributed by atoms with van der Waals surface area (Å²) >= 11 is 0. The molecule has 3 heterocycles. The average molecular weight is 306 g/mol. The van der Waals surface area contributed by atoms with Gasteiger partial charge in [0.2, 0.25) is 5.91 Å². The zero-order chi connectivity index (χ0) is 15.2. The van der Waals surface area contributed by atoms with E-state index in [1.165, 1.54) is 4.68 Å². The number of morpholine rings is 1. The van der Waals surface area contributed by atoms with Crippen LogP contribution >= 0.6 is 0 Å². The van der Waals surface area contributed by atoms with Gasteiger partial charge < -0.3 is 14.5 Å². The number of carbonyl (C=O) groups is 1. The van der Waals surface area contributed by atoms with Crippen LogP contribution in [0.1, 0.15) is 11.6 Å². The second-order valence-corrected chi connectivity index (χ2v) is 5.00. The van der Waals surface area contributed by atoms with E-state index in [4.69, 9.17) is 9.15 Å². The van der Waals surface area contributed by atoms with Gasteiger partial charge in [-0.2, -0.15) is 0 Å². The lowest BCUT2D eigenvalue weighted by Crippen LogP contribution is -2.37. The quantitative estimate of drug-likeness (QED) is 0.762. The van der Waals surface area contributed by atoms with Gasteiger partial charge in [-0.3, -0.25) is 9.69 Å². The lowest BCUT2D eigenvalue weighted by molar-refractivity contribution is -0.122. The molecule has 0 spiro atoms. The number of nitrogens with zero attached hydrogens (tertiary/aromatic N) is 5. The van der Waals surface area contributed by atoms with Crippen LogP contribution in [0, 0.1) is 0 Å². The Bertz CT molecular complexity index is 591. The summed E-state index contributed by atoms with van der Waals surface area (Å²) in [7, 11) is 0. The van der Waals surface area contributed by atoms with Crippen molar-refractivity contribution in [1.29, 1.82) is 0 Å². The average Bonchev–Trinajstić information content (AvgIpc) is 3.19. The maximum atomic E-state index is 11.9. The number of nitrogens with one attached hydrogen (secondary N) is 1. The Kier molecular flexibility index (Phi) is 4.76. The highest BCUT2D eigenvalue weighted by atomic mass is 16.5. The molecule has 9 nitrogen and oxygen atoms in total. The first-order valence-corrected chi connectivity index (χ1v) is 7.15. The number of ether oxygens (including phenoxy) is 1. The van der Waals surface area contributed by atoms with Crippen LogP contribution in [-0.2, 0) is 29.2 Å². The molecule has 0 atom stereocenters. The summed E-state index contributed by atoms with van der Waals surface area (Å²) in [6, 6.07) is 3.59. The first kappa shape index (κ1) is 14.7. The normalized spacial score (nSPS) is 15.8. The molecule has 0 unspecified atom stereocenters. The van der Waals surface area contributed by atoms with E-state index in [0.29, 0.717) is 37.9 Å². The minimum Gasteiger partial charge on any atom is -0.467 e. The molecule has 1 aliphatic heterocycles. The molecule has 1 amide bonds. The molecular formula is C13H18N6O3. The van der Waals surface area contributed by atoms with Gasteiger partial charge in [0.15, 0.2) is 5.82 Å². The SMILES string of the molecule is O=C(Cn1nnnc1CN1CCOCC1)NCc1ccco1. The van der Waals surface area contributed by atoms with Gasteiger partial charge in [0, 0.05) is 13.1 Å². The minimum atomic E-state index is -0.160. The molecule has 2 aromatic heterocycles. The van der Waals surface area contributed by atoms with Crippen LogP contribution in [-0.4, -0.2) is 57.3 Å². The Morgan fingerprint density at radius 1 is 1.36 bits per heavy atom. The summed E-state index contributed by atoms with van der Waals surface area (Å²) in [6.07, 6.45) is 1.57. The standard InChI is InChI=1S/C13H18N6O3/c20-13(14-8-11-2-1-5-22-11)10-19-12(15-16-17-19)9-18-3-6-21-7-4-18/h1-2,5H,3-4,6-10H2,(H,14,20). The molecule has 22 heavy (non-hydrogen) atoms. The Morgan fingerprint density at radius 3 is 3.00 bits per heavy atom. The van der Waals surface area contributed by atoms with E-state index in [9.17, 15) is 4.79 Å². The number of rotatable bonds is 6. The fraction of sp³-hybridized carbons (Fsp3) is 0.538. The maximum Gasteiger partial charge on any atom is 0.242 e. The van der Waals surface area contributed by atoms with E-state index < -0.39 is 0 Å². The van der Waals surface area contributed by atoms with Crippen molar-refractivity contribution >= 4 is 5.91 Å². The predicted molar refractivity (Wildman–Crippen MR) is 74.5 cm³/mol. The van der Waals surface area contributed by atoms with Gasteiger partial charge in [0.25, 0.3) is 0 Å². The molecule has 0 bridgehead atoms. The lowest BCUT2D eigenvalue weighted by atomic mass is 10.4. The van der Waals surface area contributed by atoms with E-state index in [0.717, 1.165) is 13.1 Å². The third kappa shape index (κ3) is 3.89. The summed E-state index contributed by atoms with van der Waals surface area (Å²) in [5, 5.41) is 14.3. The van der Waals surface area contributed by atoms with Gasteiger partial charge in [0.05, 0.1) is 32.6 Å². The molecule has 2 aromatic rings. The van der Waals surface area contributed by atoms with Crippen LogP contribution in [0.2, 0.25) is 0 Å². The van der Waals surface area contributed by atoms with Crippen LogP contribution in [0.25, 0.3) is 0 Å². The Labute approximate surface area is 127 Å². The molecule has 3 rings (SSSR count). The maximum absolute atomic E-state index is 11.9. The lowest BCUT2D eigenvalue weighted by Gasteiger charge is -2.25. The summed E-state index contributed by atoms with van der Waals surface area (Å²) in [5.74, 6) is 1.22. The second kappa shape index (κ2) is 7.14. The van der Waals surface area contributed by atoms with Gasteiger partial charge in [-0.1, -0.05) is 0 Å². The van der Waals surface area contributed by atoms with E-state index in [1.54, 1.807) is 18.4 Å². The fourth-order valence-electron chi connectivity index (χ4n) is 2.21. The minimum absolute atomic E-state index is 0.0907. The third-order valence-electron chi connectivity index (χ3n) is 3.41. The summed E-state index contributed by atoms with van der Waals surface area (Å²) in [5.41, 5.74) is 0. The van der Waals surface area contributed by atoms with Crippen LogP contribution in [0.15, 0.2) is 22.8 Å². The number of hydrogen-bond donors (Lipinski definition) is 1. The van der Waals surface area contributed by atoms with Crippen molar-refractivity contribution in [2.24, 2.45) is 0 Å². The first-order chi connectivity index (χ1) is 10.8. The number of amides is 1. The van der Waals surface area contributed by atoms with Gasteiger partial charge in [-0.15, -0.1) is 5.10 Å². The third-order valence-corrected chi connectivity index (χ3v) is 3.41. The van der Waals surface area contributed by atoms with Crippen molar-refractivity contribution in [1.82, 2.24) is 30.4 Å². The number of aromatic nitrogens is 4. The fourth-order valence-corrected chi connectivity index (χ4v) is 2.21. The highest BCUT2D eigenvalue weighted by Gasteiger charge is 2.16. The number of tetrazole rings is 1. The van der Waals surface area contributed by atoms with Gasteiger partial charge in [0.1, 0.15) is 12.3 Å². The van der Waals surface area contributed by atoms with E-state index in [-0.39, 0.29) is 12.5 Å². The van der Waals surface area contributed by atoms with Crippen molar-refractivity contribution in [3.05, 3.63) is 30.0 Å². The van der Waals surface area contributed by atoms with Gasteiger partial charge >= 0.3 is 0 Å². The molecule has 0 aromatic carbocycles. The predicted octanol–water partition coefficient (Wildman–Crippen LogP) is -0.585. The van der Waals surface area contributed by atoms with Crippen molar-refractivity contribution in [3.8, 4) is 0 Å². The van der Waals surface area contributed by atoms with Gasteiger partial charge in [-0.05, 0) is 22.6 Å². The molecular weight excluding hydrogens is 288 g/mol. The number of furan rings is 1. The smallest absolute Gasteiger partial charge is 0.242 e. The summed E-state index contributed by atoms with van der Waals surface area (Å²) in [6.45, 7) is 4.17. The molecule has 1 saturated heterocycles. The Morgan fingerprint density at radius 2 is 2.23 bits per heavy atom. The van der Waals surface area contributed by atoms with E-state index >= 15 is 0 Å².